The second-order valence-electron chi connectivity index (χ2n) is 7.77. The predicted molar refractivity (Wildman–Crippen MR) is 136 cm³/mol. The molecule has 0 aliphatic rings. The van der Waals surface area contributed by atoms with Crippen molar-refractivity contribution in [3.8, 4) is 5.75 Å². The molecule has 0 aliphatic heterocycles. The zero-order valence-electron chi connectivity index (χ0n) is 18.7. The Morgan fingerprint density at radius 2 is 1.88 bits per heavy atom. The molecule has 0 bridgehead atoms. The minimum atomic E-state index is 0.256. The van der Waals surface area contributed by atoms with Crippen LogP contribution in [0, 0.1) is 20.8 Å². The number of nitrogens with one attached hydrogen (secondary N) is 2. The fourth-order valence-corrected chi connectivity index (χ4v) is 3.77. The molecule has 2 N–H and O–H groups in total. The van der Waals surface area contributed by atoms with Gasteiger partial charge in [0.2, 0.25) is 0 Å². The first-order chi connectivity index (χ1) is 15.9. The van der Waals surface area contributed by atoms with Crippen molar-refractivity contribution in [3.63, 3.8) is 0 Å². The van der Waals surface area contributed by atoms with Crippen molar-refractivity contribution in [2.45, 2.75) is 34.0 Å². The average molecular weight is 481 g/mol. The van der Waals surface area contributed by atoms with Gasteiger partial charge in [-0.1, -0.05) is 47.5 Å². The molecule has 0 saturated heterocycles. The molecule has 7 nitrogen and oxygen atoms in total. The molecular formula is C24H25ClN6OS. The molecule has 2 aromatic heterocycles. The number of hydrogen-bond acceptors (Lipinski definition) is 4. The zero-order valence-corrected chi connectivity index (χ0v) is 20.2. The van der Waals surface area contributed by atoms with Crippen LogP contribution in [0.4, 0.5) is 11.4 Å². The van der Waals surface area contributed by atoms with Gasteiger partial charge in [0.05, 0.1) is 41.7 Å². The van der Waals surface area contributed by atoms with Crippen LogP contribution in [-0.4, -0.2) is 24.7 Å². The molecule has 2 heterocycles. The van der Waals surface area contributed by atoms with Gasteiger partial charge in [-0.15, -0.1) is 0 Å². The molecule has 33 heavy (non-hydrogen) atoms. The lowest BCUT2D eigenvalue weighted by atomic mass is 10.1. The molecule has 170 valence electrons. The second kappa shape index (κ2) is 10.1. The highest BCUT2D eigenvalue weighted by Crippen LogP contribution is 2.21. The second-order valence-corrected chi connectivity index (χ2v) is 8.61. The molecule has 0 saturated carbocycles. The van der Waals surface area contributed by atoms with E-state index in [1.54, 1.807) is 23.0 Å². The standard InChI is InChI=1S/C24H25ClN6OS/c1-16-7-9-19(10-8-16)13-31-18(3)23(17(2)29-31)28-24(33)27-21-12-26-30(14-21)15-32-22-6-4-5-20(25)11-22/h4-12,14H,13,15H2,1-3H3,(H2,27,28,33). The van der Waals surface area contributed by atoms with Crippen molar-refractivity contribution in [3.05, 3.63) is 88.5 Å². The zero-order chi connectivity index (χ0) is 23.4. The van der Waals surface area contributed by atoms with Crippen molar-refractivity contribution >= 4 is 40.3 Å². The maximum absolute atomic E-state index is 5.98. The fourth-order valence-electron chi connectivity index (χ4n) is 3.37. The van der Waals surface area contributed by atoms with Crippen molar-refractivity contribution in [1.82, 2.24) is 19.6 Å². The van der Waals surface area contributed by atoms with Crippen LogP contribution in [0.5, 0.6) is 5.75 Å². The van der Waals surface area contributed by atoms with E-state index in [9.17, 15) is 0 Å². The molecule has 0 spiro atoms. The molecule has 0 aliphatic carbocycles. The highest BCUT2D eigenvalue weighted by atomic mass is 35.5. The van der Waals surface area contributed by atoms with E-state index in [2.05, 4.69) is 52.0 Å². The monoisotopic (exact) mass is 480 g/mol. The fraction of sp³-hybridized carbons (Fsp3) is 0.208. The van der Waals surface area contributed by atoms with E-state index in [-0.39, 0.29) is 6.73 Å². The molecule has 2 aromatic carbocycles. The number of halogens is 1. The summed E-state index contributed by atoms with van der Waals surface area (Å²) in [5.74, 6) is 0.679. The van der Waals surface area contributed by atoms with Crippen molar-refractivity contribution in [2.75, 3.05) is 10.6 Å². The topological polar surface area (TPSA) is 68.9 Å². The Morgan fingerprint density at radius 1 is 1.09 bits per heavy atom. The van der Waals surface area contributed by atoms with Gasteiger partial charge in [-0.05, 0) is 56.8 Å². The minimum Gasteiger partial charge on any atom is -0.471 e. The van der Waals surface area contributed by atoms with Gasteiger partial charge < -0.3 is 15.4 Å². The number of aromatic nitrogens is 4. The molecule has 0 unspecified atom stereocenters. The average Bonchev–Trinajstić information content (AvgIpc) is 3.33. The van der Waals surface area contributed by atoms with Crippen LogP contribution in [0.15, 0.2) is 60.9 Å². The smallest absolute Gasteiger partial charge is 0.180 e. The van der Waals surface area contributed by atoms with E-state index in [4.69, 9.17) is 28.6 Å². The van der Waals surface area contributed by atoms with E-state index in [1.807, 2.05) is 36.9 Å². The Hall–Kier alpha value is -3.36. The molecule has 0 radical (unpaired) electrons. The van der Waals surface area contributed by atoms with Gasteiger partial charge in [-0.2, -0.15) is 10.2 Å². The third-order valence-electron chi connectivity index (χ3n) is 5.12. The van der Waals surface area contributed by atoms with Crippen LogP contribution in [0.1, 0.15) is 22.5 Å². The number of aryl methyl sites for hydroxylation is 2. The van der Waals surface area contributed by atoms with Gasteiger partial charge in [-0.25, -0.2) is 4.68 Å². The number of thiocarbonyl (C=S) groups is 1. The molecule has 4 rings (SSSR count). The van der Waals surface area contributed by atoms with Gasteiger partial charge in [0, 0.05) is 5.02 Å². The molecule has 0 atom stereocenters. The first kappa shape index (κ1) is 22.8. The Morgan fingerprint density at radius 3 is 2.64 bits per heavy atom. The van der Waals surface area contributed by atoms with Crippen LogP contribution in [0.3, 0.4) is 0 Å². The van der Waals surface area contributed by atoms with E-state index in [0.717, 1.165) is 22.8 Å². The lowest BCUT2D eigenvalue weighted by molar-refractivity contribution is 0.221. The van der Waals surface area contributed by atoms with Crippen molar-refractivity contribution in [2.24, 2.45) is 0 Å². The van der Waals surface area contributed by atoms with Gasteiger partial charge in [0.15, 0.2) is 11.8 Å². The highest BCUT2D eigenvalue weighted by molar-refractivity contribution is 7.80. The predicted octanol–water partition coefficient (Wildman–Crippen LogP) is 5.55. The normalized spacial score (nSPS) is 10.8. The Bertz CT molecular complexity index is 1260. The van der Waals surface area contributed by atoms with E-state index >= 15 is 0 Å². The van der Waals surface area contributed by atoms with E-state index < -0.39 is 0 Å². The summed E-state index contributed by atoms with van der Waals surface area (Å²) < 4.78 is 9.36. The highest BCUT2D eigenvalue weighted by Gasteiger charge is 2.13. The Kier molecular flexibility index (Phi) is 6.96. The lowest BCUT2D eigenvalue weighted by Gasteiger charge is -2.10. The molecule has 0 fully saturated rings. The van der Waals surface area contributed by atoms with Crippen molar-refractivity contribution in [1.29, 1.82) is 0 Å². The lowest BCUT2D eigenvalue weighted by Crippen LogP contribution is -2.19. The van der Waals surface area contributed by atoms with Crippen LogP contribution < -0.4 is 15.4 Å². The largest absolute Gasteiger partial charge is 0.471 e. The summed E-state index contributed by atoms with van der Waals surface area (Å²) in [7, 11) is 0. The number of ether oxygens (including phenoxy) is 1. The third-order valence-corrected chi connectivity index (χ3v) is 5.56. The Labute approximate surface area is 203 Å². The number of rotatable bonds is 7. The van der Waals surface area contributed by atoms with E-state index in [0.29, 0.717) is 22.4 Å². The first-order valence-corrected chi connectivity index (χ1v) is 11.2. The van der Waals surface area contributed by atoms with Gasteiger partial charge in [0.25, 0.3) is 0 Å². The number of hydrogen-bond donors (Lipinski definition) is 2. The number of benzene rings is 2. The van der Waals surface area contributed by atoms with Gasteiger partial charge >= 0.3 is 0 Å². The summed E-state index contributed by atoms with van der Waals surface area (Å²) in [4.78, 5) is 0. The van der Waals surface area contributed by atoms with Crippen LogP contribution in [-0.2, 0) is 13.3 Å². The molecular weight excluding hydrogens is 456 g/mol. The van der Waals surface area contributed by atoms with Crippen LogP contribution in [0.25, 0.3) is 0 Å². The maximum Gasteiger partial charge on any atom is 0.180 e. The summed E-state index contributed by atoms with van der Waals surface area (Å²) >= 11 is 11.5. The van der Waals surface area contributed by atoms with Crippen LogP contribution in [0.2, 0.25) is 5.02 Å². The summed E-state index contributed by atoms with van der Waals surface area (Å²) in [5.41, 5.74) is 5.99. The molecule has 0 amide bonds. The SMILES string of the molecule is Cc1ccc(Cn2nc(C)c(NC(=S)Nc3cnn(COc4cccc(Cl)c4)c3)c2C)cc1. The van der Waals surface area contributed by atoms with Crippen molar-refractivity contribution < 1.29 is 4.74 Å². The summed E-state index contributed by atoms with van der Waals surface area (Å²) in [6, 6.07) is 15.7. The first-order valence-electron chi connectivity index (χ1n) is 10.5. The summed E-state index contributed by atoms with van der Waals surface area (Å²) in [6.45, 7) is 7.04. The minimum absolute atomic E-state index is 0.256. The number of anilines is 2. The Balaban J connectivity index is 1.35. The van der Waals surface area contributed by atoms with Gasteiger partial charge in [0.1, 0.15) is 5.75 Å². The summed E-state index contributed by atoms with van der Waals surface area (Å²) in [5, 5.41) is 16.5. The molecule has 9 heteroatoms. The quantitative estimate of drug-likeness (QED) is 0.338. The maximum atomic E-state index is 5.98. The van der Waals surface area contributed by atoms with Gasteiger partial charge in [-0.3, -0.25) is 4.68 Å². The van der Waals surface area contributed by atoms with Crippen LogP contribution >= 0.6 is 23.8 Å². The summed E-state index contributed by atoms with van der Waals surface area (Å²) in [6.07, 6.45) is 3.51. The molecule has 4 aromatic rings. The third kappa shape index (κ3) is 5.91. The van der Waals surface area contributed by atoms with E-state index in [1.165, 1.54) is 11.1 Å². The number of nitrogens with zero attached hydrogens (tertiary/aromatic N) is 4.